The molecule has 12 heavy (non-hydrogen) atoms. The maximum absolute atomic E-state index is 12.6. The Balaban J connectivity index is 5.30. The van der Waals surface area contributed by atoms with Crippen molar-refractivity contribution in [3.8, 4) is 0 Å². The minimum absolute atomic E-state index is 0.901. The van der Waals surface area contributed by atoms with Crippen molar-refractivity contribution in [2.45, 2.75) is 47.2 Å². The summed E-state index contributed by atoms with van der Waals surface area (Å²) >= 11 is 0. The van der Waals surface area contributed by atoms with Crippen molar-refractivity contribution in [1.29, 1.82) is 0 Å². The molecular weight excluding hydrogens is 165 g/mol. The zero-order chi connectivity index (χ0) is 12.0. The van der Waals surface area contributed by atoms with Crippen LogP contribution in [0, 0.1) is 10.8 Å². The van der Waals surface area contributed by atoms with Crippen LogP contribution < -0.4 is 0 Å². The van der Waals surface area contributed by atoms with Gasteiger partial charge in [-0.3, -0.25) is 0 Å². The molecule has 0 bridgehead atoms. The fourth-order valence-electron chi connectivity index (χ4n) is 1.01. The van der Waals surface area contributed by atoms with Gasteiger partial charge in [-0.25, -0.2) is 0 Å². The number of alkyl halides is 3. The zero-order valence-electron chi connectivity index (χ0n) is 10.1. The molecule has 0 spiro atoms. The lowest BCUT2D eigenvalue weighted by Gasteiger charge is -2.34. The van der Waals surface area contributed by atoms with Gasteiger partial charge in [0.1, 0.15) is 0 Å². The van der Waals surface area contributed by atoms with Crippen LogP contribution in [0.5, 0.6) is 0 Å². The average Bonchev–Trinajstić information content (AvgIpc) is 1.81. The first-order valence-electron chi connectivity index (χ1n) is 4.82. The molecule has 0 saturated heterocycles. The van der Waals surface area contributed by atoms with Crippen molar-refractivity contribution in [3.05, 3.63) is 0 Å². The Bertz CT molecular complexity index is 187. The molecule has 0 aliphatic rings. The van der Waals surface area contributed by atoms with E-state index in [0.29, 0.717) is 0 Å². The van der Waals surface area contributed by atoms with Crippen LogP contribution in [0.1, 0.15) is 43.7 Å². The number of rotatable bonds is 1. The highest BCUT2D eigenvalue weighted by Gasteiger charge is 2.48. The molecule has 0 aliphatic heterocycles. The Morgan fingerprint density at radius 3 is 1.42 bits per heavy atom. The summed E-state index contributed by atoms with van der Waals surface area (Å²) in [5.41, 5.74) is -3.40. The molecule has 0 atom stereocenters. The quantitative estimate of drug-likeness (QED) is 0.577. The van der Waals surface area contributed by atoms with Gasteiger partial charge in [0.05, 0.1) is 5.41 Å². The Morgan fingerprint density at radius 2 is 1.33 bits per heavy atom. The van der Waals surface area contributed by atoms with Crippen LogP contribution in [-0.2, 0) is 0 Å². The summed E-state index contributed by atoms with van der Waals surface area (Å²) in [5.74, 6) is 0. The van der Waals surface area contributed by atoms with Gasteiger partial charge in [0, 0.05) is 2.74 Å². The molecule has 0 aromatic rings. The normalized spacial score (nSPS) is 18.7. The van der Waals surface area contributed by atoms with Gasteiger partial charge in [-0.1, -0.05) is 34.6 Å². The van der Waals surface area contributed by atoms with E-state index >= 15 is 0 Å². The van der Waals surface area contributed by atoms with Crippen LogP contribution in [0.15, 0.2) is 0 Å². The van der Waals surface area contributed by atoms with Gasteiger partial charge in [-0.05, 0) is 11.8 Å². The molecule has 0 aliphatic carbocycles. The smallest absolute Gasteiger partial charge is 0.171 e. The Hall–Kier alpha value is -0.210. The third kappa shape index (κ3) is 3.46. The Morgan fingerprint density at radius 1 is 1.00 bits per heavy atom. The van der Waals surface area contributed by atoms with E-state index in [0.717, 1.165) is 13.8 Å². The van der Waals surface area contributed by atoms with E-state index in [-0.39, 0.29) is 0 Å². The number of hydrogen-bond donors (Lipinski definition) is 0. The van der Waals surface area contributed by atoms with Gasteiger partial charge < -0.3 is 0 Å². The monoisotopic (exact) mass is 184 g/mol. The molecule has 0 unspecified atom stereocenters. The molecule has 0 rings (SSSR count). The summed E-state index contributed by atoms with van der Waals surface area (Å²) in [6, 6.07) is 0. The summed E-state index contributed by atoms with van der Waals surface area (Å²) in [4.78, 5) is 0. The third-order valence-corrected chi connectivity index (χ3v) is 1.40. The van der Waals surface area contributed by atoms with Crippen molar-refractivity contribution < 1.29 is 15.9 Å². The number of halogens is 3. The van der Waals surface area contributed by atoms with Gasteiger partial charge >= 0.3 is 6.18 Å². The molecule has 74 valence electrons. The van der Waals surface area contributed by atoms with E-state index < -0.39 is 23.4 Å². The van der Waals surface area contributed by atoms with Gasteiger partial charge in [0.15, 0.2) is 0 Å². The summed E-state index contributed by atoms with van der Waals surface area (Å²) in [6.07, 6.45) is -6.85. The van der Waals surface area contributed by atoms with Gasteiger partial charge in [0.2, 0.25) is 0 Å². The van der Waals surface area contributed by atoms with E-state index in [4.69, 9.17) is 2.74 Å². The van der Waals surface area contributed by atoms with E-state index in [1.54, 1.807) is 0 Å². The first-order chi connectivity index (χ1) is 5.75. The fourth-order valence-corrected chi connectivity index (χ4v) is 1.01. The minimum Gasteiger partial charge on any atom is -0.171 e. The second kappa shape index (κ2) is 2.93. The van der Waals surface area contributed by atoms with Crippen LogP contribution in [0.3, 0.4) is 0 Å². The molecule has 0 fully saturated rings. The minimum atomic E-state index is -4.54. The Labute approximate surface area is 75.0 Å². The third-order valence-electron chi connectivity index (χ3n) is 1.40. The largest absolute Gasteiger partial charge is 0.393 e. The fraction of sp³-hybridized carbons (Fsp3) is 1.00. The standard InChI is InChI=1S/C9H17F3/c1-7(2,3)6-8(4,5)9(10,11)12/h6H2,1-5H3/i6D2. The van der Waals surface area contributed by atoms with Crippen LogP contribution >= 0.6 is 0 Å². The van der Waals surface area contributed by atoms with E-state index in [9.17, 15) is 13.2 Å². The van der Waals surface area contributed by atoms with Crippen LogP contribution in [-0.4, -0.2) is 6.18 Å². The molecule has 0 radical (unpaired) electrons. The highest BCUT2D eigenvalue weighted by Crippen LogP contribution is 2.45. The predicted octanol–water partition coefficient (Wildman–Crippen LogP) is 4.01. The van der Waals surface area contributed by atoms with Crippen LogP contribution in [0.25, 0.3) is 0 Å². The lowest BCUT2D eigenvalue weighted by molar-refractivity contribution is -0.220. The second-order valence-electron chi connectivity index (χ2n) is 4.50. The molecule has 0 nitrogen and oxygen atoms in total. The highest BCUT2D eigenvalue weighted by molar-refractivity contribution is 4.82. The van der Waals surface area contributed by atoms with Crippen molar-refractivity contribution in [3.63, 3.8) is 0 Å². The summed E-state index contributed by atoms with van der Waals surface area (Å²) in [6.45, 7) is 6.22. The first kappa shape index (κ1) is 8.39. The maximum atomic E-state index is 12.6. The lowest BCUT2D eigenvalue weighted by atomic mass is 9.76. The summed E-state index contributed by atoms with van der Waals surface area (Å²) < 4.78 is 53.0. The molecule has 0 heterocycles. The predicted molar refractivity (Wildman–Crippen MR) is 43.9 cm³/mol. The zero-order valence-corrected chi connectivity index (χ0v) is 8.13. The first-order valence-corrected chi connectivity index (χ1v) is 3.82. The maximum Gasteiger partial charge on any atom is 0.393 e. The van der Waals surface area contributed by atoms with Crippen molar-refractivity contribution >= 4 is 0 Å². The molecule has 0 N–H and O–H groups in total. The van der Waals surface area contributed by atoms with Crippen LogP contribution in [0.4, 0.5) is 13.2 Å². The molecule has 0 aromatic carbocycles. The highest BCUT2D eigenvalue weighted by atomic mass is 19.4. The van der Waals surface area contributed by atoms with E-state index in [1.165, 1.54) is 20.8 Å². The van der Waals surface area contributed by atoms with Crippen molar-refractivity contribution in [1.82, 2.24) is 0 Å². The lowest BCUT2D eigenvalue weighted by Crippen LogP contribution is -2.35. The summed E-state index contributed by atoms with van der Waals surface area (Å²) in [5, 5.41) is 0. The van der Waals surface area contributed by atoms with Gasteiger partial charge in [0.25, 0.3) is 0 Å². The topological polar surface area (TPSA) is 0 Å². The second-order valence-corrected chi connectivity index (χ2v) is 4.50. The molecule has 0 amide bonds. The number of hydrogen-bond acceptors (Lipinski definition) is 0. The summed E-state index contributed by atoms with van der Waals surface area (Å²) in [7, 11) is 0. The molecular formula is C9H17F3. The molecule has 3 heteroatoms. The van der Waals surface area contributed by atoms with Gasteiger partial charge in [-0.15, -0.1) is 0 Å². The SMILES string of the molecule is [2H]C([2H])(C(C)(C)C)C(C)(C)C(F)(F)F. The average molecular weight is 184 g/mol. The van der Waals surface area contributed by atoms with Crippen molar-refractivity contribution in [2.75, 3.05) is 0 Å². The molecule has 0 aromatic heterocycles. The van der Waals surface area contributed by atoms with Crippen molar-refractivity contribution in [2.24, 2.45) is 10.8 Å². The van der Waals surface area contributed by atoms with Crippen LogP contribution in [0.2, 0.25) is 0 Å². The van der Waals surface area contributed by atoms with E-state index in [1.807, 2.05) is 0 Å². The van der Waals surface area contributed by atoms with E-state index in [2.05, 4.69) is 0 Å². The Kier molecular flexibility index (Phi) is 2.05. The van der Waals surface area contributed by atoms with Gasteiger partial charge in [-0.2, -0.15) is 13.2 Å². The molecule has 0 saturated carbocycles.